The van der Waals surface area contributed by atoms with Crippen LogP contribution in [0.15, 0.2) is 60.7 Å². The van der Waals surface area contributed by atoms with Crippen LogP contribution in [0.3, 0.4) is 0 Å². The first-order valence-corrected chi connectivity index (χ1v) is 12.0. The van der Waals surface area contributed by atoms with Crippen molar-refractivity contribution in [3.8, 4) is 11.8 Å². The second kappa shape index (κ2) is 11.4. The first-order chi connectivity index (χ1) is 17.4. The molecule has 0 aliphatic carbocycles. The van der Waals surface area contributed by atoms with Crippen LogP contribution in [-0.4, -0.2) is 0 Å². The van der Waals surface area contributed by atoms with Crippen LogP contribution in [0, 0.1) is 40.9 Å². The molecule has 0 spiro atoms. The van der Waals surface area contributed by atoms with Gasteiger partial charge in [0.1, 0.15) is 11.6 Å². The van der Waals surface area contributed by atoms with Crippen LogP contribution < -0.4 is 0 Å². The summed E-state index contributed by atoms with van der Waals surface area (Å²) in [5.41, 5.74) is 2.89. The SMILES string of the molecule is CCCCCc1ccc(CCc2ccc(C#Cc3ccc4c(F)c(F)c(F)cc4c3)c(F)c2)c(F)c1. The molecular formula is C31H25F5. The van der Waals surface area contributed by atoms with E-state index in [1.807, 2.05) is 12.1 Å². The maximum Gasteiger partial charge on any atom is 0.195 e. The third kappa shape index (κ3) is 5.94. The molecule has 0 atom stereocenters. The zero-order valence-corrected chi connectivity index (χ0v) is 19.9. The Bertz CT molecular complexity index is 1460. The number of aryl methyl sites for hydroxylation is 3. The van der Waals surface area contributed by atoms with Crippen molar-refractivity contribution in [3.63, 3.8) is 0 Å². The van der Waals surface area contributed by atoms with Gasteiger partial charge in [-0.1, -0.05) is 55.9 Å². The van der Waals surface area contributed by atoms with E-state index in [2.05, 4.69) is 18.8 Å². The molecule has 5 heteroatoms. The van der Waals surface area contributed by atoms with Crippen molar-refractivity contribution >= 4 is 10.8 Å². The highest BCUT2D eigenvalue weighted by Crippen LogP contribution is 2.24. The topological polar surface area (TPSA) is 0 Å². The van der Waals surface area contributed by atoms with Crippen LogP contribution >= 0.6 is 0 Å². The first kappa shape index (κ1) is 25.4. The fourth-order valence-electron chi connectivity index (χ4n) is 4.14. The number of fused-ring (bicyclic) bond motifs is 1. The van der Waals surface area contributed by atoms with Crippen molar-refractivity contribution < 1.29 is 22.0 Å². The van der Waals surface area contributed by atoms with Crippen LogP contribution in [-0.2, 0) is 19.3 Å². The van der Waals surface area contributed by atoms with Crippen molar-refractivity contribution in [2.75, 3.05) is 0 Å². The summed E-state index contributed by atoms with van der Waals surface area (Å²) in [5.74, 6) is 0.702. The highest BCUT2D eigenvalue weighted by molar-refractivity contribution is 5.84. The van der Waals surface area contributed by atoms with Crippen LogP contribution in [0.4, 0.5) is 22.0 Å². The molecule has 0 aliphatic rings. The minimum absolute atomic E-state index is 0.0578. The lowest BCUT2D eigenvalue weighted by atomic mass is 9.99. The predicted octanol–water partition coefficient (Wildman–Crippen LogP) is 8.45. The maximum atomic E-state index is 14.6. The van der Waals surface area contributed by atoms with Gasteiger partial charge in [-0.2, -0.15) is 0 Å². The van der Waals surface area contributed by atoms with Gasteiger partial charge in [0.05, 0.1) is 5.56 Å². The summed E-state index contributed by atoms with van der Waals surface area (Å²) in [5, 5.41) is 0.104. The van der Waals surface area contributed by atoms with E-state index in [-0.39, 0.29) is 22.2 Å². The number of rotatable bonds is 7. The number of benzene rings is 4. The van der Waals surface area contributed by atoms with Crippen molar-refractivity contribution in [2.45, 2.75) is 45.4 Å². The summed E-state index contributed by atoms with van der Waals surface area (Å²) < 4.78 is 69.9. The van der Waals surface area contributed by atoms with Crippen LogP contribution in [0.5, 0.6) is 0 Å². The number of hydrogen-bond donors (Lipinski definition) is 0. The highest BCUT2D eigenvalue weighted by atomic mass is 19.2. The van der Waals surface area contributed by atoms with Gasteiger partial charge in [-0.3, -0.25) is 0 Å². The molecule has 4 rings (SSSR count). The predicted molar refractivity (Wildman–Crippen MR) is 133 cm³/mol. The van der Waals surface area contributed by atoms with Crippen molar-refractivity contribution in [1.29, 1.82) is 0 Å². The lowest BCUT2D eigenvalue weighted by Crippen LogP contribution is -1.98. The van der Waals surface area contributed by atoms with Gasteiger partial charge in [0.15, 0.2) is 17.5 Å². The molecule has 184 valence electrons. The largest absolute Gasteiger partial charge is 0.207 e. The number of halogens is 5. The van der Waals surface area contributed by atoms with Crippen LogP contribution in [0.2, 0.25) is 0 Å². The van der Waals surface area contributed by atoms with E-state index in [0.29, 0.717) is 24.0 Å². The standard InChI is InChI=1S/C31H25F5/c1-2-3-4-5-20-6-11-23(27(32)17-20)13-8-22-9-14-24(28(33)18-22)12-7-21-10-15-26-25(16-21)19-29(34)31(36)30(26)35/h6,9-11,14-19H,2-5,8,13H2,1H3. The molecule has 0 nitrogen and oxygen atoms in total. The Balaban J connectivity index is 1.44. The average Bonchev–Trinajstić information content (AvgIpc) is 2.86. The zero-order chi connectivity index (χ0) is 25.7. The highest BCUT2D eigenvalue weighted by Gasteiger charge is 2.13. The second-order valence-corrected chi connectivity index (χ2v) is 8.87. The molecule has 4 aromatic rings. The molecule has 0 saturated heterocycles. The van der Waals surface area contributed by atoms with Gasteiger partial charge in [-0.05, 0) is 84.2 Å². The van der Waals surface area contributed by atoms with Gasteiger partial charge < -0.3 is 0 Å². The molecule has 0 radical (unpaired) electrons. The molecule has 0 aromatic heterocycles. The number of unbranched alkanes of at least 4 members (excludes halogenated alkanes) is 2. The fourth-order valence-corrected chi connectivity index (χ4v) is 4.14. The molecule has 0 fully saturated rings. The van der Waals surface area contributed by atoms with Crippen molar-refractivity contribution in [3.05, 3.63) is 118 Å². The summed E-state index contributed by atoms with van der Waals surface area (Å²) in [7, 11) is 0. The first-order valence-electron chi connectivity index (χ1n) is 12.0. The molecule has 0 aliphatic heterocycles. The second-order valence-electron chi connectivity index (χ2n) is 8.87. The average molecular weight is 493 g/mol. The Morgan fingerprint density at radius 2 is 1.36 bits per heavy atom. The van der Waals surface area contributed by atoms with Gasteiger partial charge >= 0.3 is 0 Å². The van der Waals surface area contributed by atoms with Gasteiger partial charge in [-0.15, -0.1) is 0 Å². The molecule has 0 bridgehead atoms. The van der Waals surface area contributed by atoms with E-state index >= 15 is 0 Å². The van der Waals surface area contributed by atoms with Gasteiger partial charge in [0, 0.05) is 10.9 Å². The summed E-state index contributed by atoms with van der Waals surface area (Å²) in [6.45, 7) is 2.13. The van der Waals surface area contributed by atoms with Gasteiger partial charge in [0.25, 0.3) is 0 Å². The summed E-state index contributed by atoms with van der Waals surface area (Å²) >= 11 is 0. The molecule has 36 heavy (non-hydrogen) atoms. The van der Waals surface area contributed by atoms with E-state index in [0.717, 1.165) is 42.9 Å². The van der Waals surface area contributed by atoms with E-state index in [1.54, 1.807) is 18.2 Å². The summed E-state index contributed by atoms with van der Waals surface area (Å²) in [6, 6.07) is 15.1. The van der Waals surface area contributed by atoms with E-state index in [4.69, 9.17) is 0 Å². The van der Waals surface area contributed by atoms with E-state index in [1.165, 1.54) is 24.3 Å². The van der Waals surface area contributed by atoms with Crippen LogP contribution in [0.25, 0.3) is 10.8 Å². The molecule has 4 aromatic carbocycles. The quantitative estimate of drug-likeness (QED) is 0.105. The van der Waals surface area contributed by atoms with Crippen LogP contribution in [0.1, 0.15) is 54.0 Å². The van der Waals surface area contributed by atoms with Crippen molar-refractivity contribution in [1.82, 2.24) is 0 Å². The van der Waals surface area contributed by atoms with Crippen molar-refractivity contribution in [2.24, 2.45) is 0 Å². The van der Waals surface area contributed by atoms with E-state index < -0.39 is 23.3 Å². The fraction of sp³-hybridized carbons (Fsp3) is 0.226. The third-order valence-electron chi connectivity index (χ3n) is 6.22. The Morgan fingerprint density at radius 3 is 2.11 bits per heavy atom. The lowest BCUT2D eigenvalue weighted by molar-refractivity contribution is 0.453. The smallest absolute Gasteiger partial charge is 0.195 e. The Labute approximate surface area is 207 Å². The molecule has 0 heterocycles. The minimum Gasteiger partial charge on any atom is -0.207 e. The Morgan fingerprint density at radius 1 is 0.611 bits per heavy atom. The molecule has 0 amide bonds. The summed E-state index contributed by atoms with van der Waals surface area (Å²) in [6.07, 6.45) is 5.09. The summed E-state index contributed by atoms with van der Waals surface area (Å²) in [4.78, 5) is 0. The lowest BCUT2D eigenvalue weighted by Gasteiger charge is -2.07. The monoisotopic (exact) mass is 492 g/mol. The molecule has 0 N–H and O–H groups in total. The molecule has 0 unspecified atom stereocenters. The van der Waals surface area contributed by atoms with Gasteiger partial charge in [0.2, 0.25) is 0 Å². The third-order valence-corrected chi connectivity index (χ3v) is 6.22. The zero-order valence-electron chi connectivity index (χ0n) is 19.9. The minimum atomic E-state index is -1.52. The maximum absolute atomic E-state index is 14.6. The molecular weight excluding hydrogens is 467 g/mol. The van der Waals surface area contributed by atoms with E-state index in [9.17, 15) is 22.0 Å². The Hall–Kier alpha value is -3.65. The number of hydrogen-bond acceptors (Lipinski definition) is 0. The Kier molecular flexibility index (Phi) is 8.05. The van der Waals surface area contributed by atoms with Gasteiger partial charge in [-0.25, -0.2) is 22.0 Å². The molecule has 0 saturated carbocycles. The normalized spacial score (nSPS) is 10.9.